The molecule has 5 heteroatoms. The summed E-state index contributed by atoms with van der Waals surface area (Å²) in [6.07, 6.45) is -4.03. The number of halogens is 4. The quantitative estimate of drug-likeness (QED) is 0.906. The van der Waals surface area contributed by atoms with Crippen LogP contribution in [0.1, 0.15) is 17.5 Å². The van der Waals surface area contributed by atoms with Gasteiger partial charge in [-0.25, -0.2) is 0 Å². The monoisotopic (exact) mass is 295 g/mol. The molecule has 0 fully saturated rings. The molecule has 1 rings (SSSR count). The van der Waals surface area contributed by atoms with Crippen LogP contribution in [0.15, 0.2) is 22.7 Å². The number of nitrogens with two attached hydrogens (primary N) is 1. The summed E-state index contributed by atoms with van der Waals surface area (Å²) in [4.78, 5) is 0. The highest BCUT2D eigenvalue weighted by atomic mass is 79.9. The van der Waals surface area contributed by atoms with Crippen molar-refractivity contribution >= 4 is 15.9 Å². The zero-order valence-electron chi connectivity index (χ0n) is 8.81. The van der Waals surface area contributed by atoms with Crippen molar-refractivity contribution in [3.63, 3.8) is 0 Å². The highest BCUT2D eigenvalue weighted by Gasteiger charge is 2.35. The molecule has 1 aromatic rings. The summed E-state index contributed by atoms with van der Waals surface area (Å²) in [6, 6.07) is 3.79. The summed E-state index contributed by atoms with van der Waals surface area (Å²) in [5, 5.41) is 0. The average Bonchev–Trinajstić information content (AvgIpc) is 2.14. The summed E-state index contributed by atoms with van der Waals surface area (Å²) in [5.41, 5.74) is 6.93. The molecule has 1 atom stereocenters. The number of aryl methyl sites for hydroxylation is 2. The molecular formula is C11H13BrF3N. The van der Waals surface area contributed by atoms with E-state index < -0.39 is 12.2 Å². The molecule has 0 saturated heterocycles. The number of rotatable bonds is 3. The molecule has 1 nitrogen and oxygen atoms in total. The lowest BCUT2D eigenvalue weighted by atomic mass is 10.0. The van der Waals surface area contributed by atoms with Gasteiger partial charge in [0, 0.05) is 4.47 Å². The van der Waals surface area contributed by atoms with E-state index in [1.165, 1.54) is 0 Å². The third kappa shape index (κ3) is 3.79. The zero-order chi connectivity index (χ0) is 12.3. The molecule has 0 amide bonds. The molecule has 0 aliphatic carbocycles. The van der Waals surface area contributed by atoms with Gasteiger partial charge in [0.15, 0.2) is 0 Å². The summed E-state index contributed by atoms with van der Waals surface area (Å²) >= 11 is 3.30. The summed E-state index contributed by atoms with van der Waals surface area (Å²) < 4.78 is 37.5. The predicted octanol–water partition coefficient (Wildman–Crippen LogP) is 3.58. The molecule has 0 aromatic heterocycles. The Hall–Kier alpha value is -0.550. The van der Waals surface area contributed by atoms with E-state index in [4.69, 9.17) is 5.73 Å². The van der Waals surface area contributed by atoms with Crippen LogP contribution in [0, 0.1) is 6.92 Å². The molecule has 0 heterocycles. The van der Waals surface area contributed by atoms with Gasteiger partial charge in [-0.3, -0.25) is 0 Å². The second-order valence-corrected chi connectivity index (χ2v) is 4.67. The van der Waals surface area contributed by atoms with Crippen molar-refractivity contribution in [1.29, 1.82) is 0 Å². The van der Waals surface area contributed by atoms with Crippen LogP contribution in [0.3, 0.4) is 0 Å². The summed E-state index contributed by atoms with van der Waals surface area (Å²) in [7, 11) is 0. The molecule has 1 unspecified atom stereocenters. The minimum Gasteiger partial charge on any atom is -0.320 e. The van der Waals surface area contributed by atoms with Crippen LogP contribution in [0.25, 0.3) is 0 Å². The summed E-state index contributed by atoms with van der Waals surface area (Å²) in [5.74, 6) is 0. The van der Waals surface area contributed by atoms with Gasteiger partial charge in [-0.05, 0) is 43.0 Å². The number of benzene rings is 1. The molecule has 0 spiro atoms. The second kappa shape index (κ2) is 5.19. The molecule has 0 saturated carbocycles. The zero-order valence-corrected chi connectivity index (χ0v) is 10.4. The summed E-state index contributed by atoms with van der Waals surface area (Å²) in [6.45, 7) is 1.87. The van der Waals surface area contributed by atoms with Crippen LogP contribution in [0.5, 0.6) is 0 Å². The lowest BCUT2D eigenvalue weighted by Crippen LogP contribution is -2.37. The smallest absolute Gasteiger partial charge is 0.320 e. The van der Waals surface area contributed by atoms with Crippen LogP contribution < -0.4 is 5.73 Å². The van der Waals surface area contributed by atoms with Crippen molar-refractivity contribution in [3.8, 4) is 0 Å². The van der Waals surface area contributed by atoms with Crippen molar-refractivity contribution in [2.24, 2.45) is 5.73 Å². The highest BCUT2D eigenvalue weighted by Crippen LogP contribution is 2.23. The average molecular weight is 296 g/mol. The first-order valence-electron chi connectivity index (χ1n) is 4.88. The van der Waals surface area contributed by atoms with Crippen LogP contribution >= 0.6 is 15.9 Å². The predicted molar refractivity (Wildman–Crippen MR) is 61.2 cm³/mol. The standard InChI is InChI=1S/C11H13BrF3N/c1-7-6-9(12)4-2-8(7)3-5-10(16)11(13,14)15/h2,4,6,10H,3,5,16H2,1H3. The molecule has 90 valence electrons. The largest absolute Gasteiger partial charge is 0.403 e. The molecule has 0 aliphatic rings. The molecule has 2 N–H and O–H groups in total. The topological polar surface area (TPSA) is 26.0 Å². The molecular weight excluding hydrogens is 283 g/mol. The van der Waals surface area contributed by atoms with E-state index in [2.05, 4.69) is 15.9 Å². The van der Waals surface area contributed by atoms with Gasteiger partial charge in [0.05, 0.1) is 0 Å². The Morgan fingerprint density at radius 1 is 1.38 bits per heavy atom. The maximum Gasteiger partial charge on any atom is 0.403 e. The van der Waals surface area contributed by atoms with Crippen LogP contribution in [0.4, 0.5) is 13.2 Å². The fourth-order valence-electron chi connectivity index (χ4n) is 1.41. The Labute approximate surface area is 101 Å². The van der Waals surface area contributed by atoms with Crippen molar-refractivity contribution in [2.45, 2.75) is 32.0 Å². The van der Waals surface area contributed by atoms with Gasteiger partial charge >= 0.3 is 6.18 Å². The minimum atomic E-state index is -4.30. The third-order valence-electron chi connectivity index (χ3n) is 2.45. The van der Waals surface area contributed by atoms with E-state index in [1.54, 1.807) is 0 Å². The number of hydrogen-bond acceptors (Lipinski definition) is 1. The molecule has 0 aliphatic heterocycles. The lowest BCUT2D eigenvalue weighted by Gasteiger charge is -2.15. The molecule has 0 radical (unpaired) electrons. The maximum atomic E-state index is 12.2. The Morgan fingerprint density at radius 2 is 2.00 bits per heavy atom. The molecule has 16 heavy (non-hydrogen) atoms. The Morgan fingerprint density at radius 3 is 2.50 bits per heavy atom. The van der Waals surface area contributed by atoms with Gasteiger partial charge in [-0.2, -0.15) is 13.2 Å². The molecule has 0 bridgehead atoms. The van der Waals surface area contributed by atoms with Crippen LogP contribution in [-0.4, -0.2) is 12.2 Å². The van der Waals surface area contributed by atoms with Gasteiger partial charge in [-0.1, -0.05) is 22.0 Å². The van der Waals surface area contributed by atoms with Crippen molar-refractivity contribution < 1.29 is 13.2 Å². The van der Waals surface area contributed by atoms with Crippen LogP contribution in [-0.2, 0) is 6.42 Å². The molecule has 1 aromatic carbocycles. The first kappa shape index (κ1) is 13.5. The SMILES string of the molecule is Cc1cc(Br)ccc1CCC(N)C(F)(F)F. The number of alkyl halides is 3. The van der Waals surface area contributed by atoms with Crippen molar-refractivity contribution in [1.82, 2.24) is 0 Å². The van der Waals surface area contributed by atoms with Gasteiger partial charge in [0.2, 0.25) is 0 Å². The number of hydrogen-bond donors (Lipinski definition) is 1. The van der Waals surface area contributed by atoms with E-state index in [1.807, 2.05) is 25.1 Å². The maximum absolute atomic E-state index is 12.2. The fourth-order valence-corrected chi connectivity index (χ4v) is 1.89. The lowest BCUT2D eigenvalue weighted by molar-refractivity contribution is -0.148. The van der Waals surface area contributed by atoms with E-state index in [9.17, 15) is 13.2 Å². The Bertz CT molecular complexity index is 363. The van der Waals surface area contributed by atoms with Gasteiger partial charge in [-0.15, -0.1) is 0 Å². The van der Waals surface area contributed by atoms with E-state index in [0.717, 1.165) is 15.6 Å². The third-order valence-corrected chi connectivity index (χ3v) is 2.94. The first-order valence-corrected chi connectivity index (χ1v) is 5.67. The van der Waals surface area contributed by atoms with E-state index in [0.29, 0.717) is 6.42 Å². The van der Waals surface area contributed by atoms with Crippen LogP contribution in [0.2, 0.25) is 0 Å². The van der Waals surface area contributed by atoms with Crippen molar-refractivity contribution in [3.05, 3.63) is 33.8 Å². The second-order valence-electron chi connectivity index (χ2n) is 3.76. The minimum absolute atomic E-state index is 0.0774. The van der Waals surface area contributed by atoms with Gasteiger partial charge in [0.25, 0.3) is 0 Å². The van der Waals surface area contributed by atoms with Gasteiger partial charge in [0.1, 0.15) is 6.04 Å². The van der Waals surface area contributed by atoms with E-state index in [-0.39, 0.29) is 6.42 Å². The normalized spacial score (nSPS) is 13.9. The first-order chi connectivity index (χ1) is 7.30. The Kier molecular flexibility index (Phi) is 4.38. The van der Waals surface area contributed by atoms with Gasteiger partial charge < -0.3 is 5.73 Å². The van der Waals surface area contributed by atoms with E-state index >= 15 is 0 Å². The van der Waals surface area contributed by atoms with Crippen molar-refractivity contribution in [2.75, 3.05) is 0 Å². The fraction of sp³-hybridized carbons (Fsp3) is 0.455. The Balaban J connectivity index is 2.62. The highest BCUT2D eigenvalue weighted by molar-refractivity contribution is 9.10.